The highest BCUT2D eigenvalue weighted by Crippen LogP contribution is 2.31. The molecule has 0 bridgehead atoms. The van der Waals surface area contributed by atoms with Crippen LogP contribution in [-0.2, 0) is 4.43 Å². The molecule has 1 N–H and O–H groups in total. The average Bonchev–Trinajstić information content (AvgIpc) is 1.80. The second kappa shape index (κ2) is 4.08. The molecule has 0 aromatic rings. The molecule has 4 heteroatoms. The second-order valence-electron chi connectivity index (χ2n) is 5.93. The Morgan fingerprint density at radius 1 is 1.07 bits per heavy atom. The molecule has 0 unspecified atom stereocenters. The SMILES string of the molecule is CC(C)[Si](C)(C)OC(C)(C)[Si](C)(C)O. The van der Waals surface area contributed by atoms with Crippen LogP contribution in [-0.4, -0.2) is 26.7 Å². The predicted molar refractivity (Wildman–Crippen MR) is 67.4 cm³/mol. The number of hydrogen-bond acceptors (Lipinski definition) is 2. The molecule has 0 aliphatic heterocycles. The van der Waals surface area contributed by atoms with E-state index in [0.29, 0.717) is 5.54 Å². The van der Waals surface area contributed by atoms with Crippen LogP contribution in [0.1, 0.15) is 27.7 Å². The lowest BCUT2D eigenvalue weighted by Gasteiger charge is -2.42. The van der Waals surface area contributed by atoms with Gasteiger partial charge in [-0.1, -0.05) is 13.8 Å². The molecule has 86 valence electrons. The summed E-state index contributed by atoms with van der Waals surface area (Å²) in [7, 11) is -3.88. The monoisotopic (exact) mass is 234 g/mol. The highest BCUT2D eigenvalue weighted by molar-refractivity contribution is 6.77. The van der Waals surface area contributed by atoms with Gasteiger partial charge < -0.3 is 9.22 Å². The normalized spacial score (nSPS) is 15.0. The summed E-state index contributed by atoms with van der Waals surface area (Å²) in [4.78, 5) is 10.1. The van der Waals surface area contributed by atoms with E-state index < -0.39 is 16.6 Å². The Morgan fingerprint density at radius 2 is 1.43 bits per heavy atom. The summed E-state index contributed by atoms with van der Waals surface area (Å²) in [5.41, 5.74) is 0.582. The van der Waals surface area contributed by atoms with E-state index in [1.165, 1.54) is 0 Å². The summed E-state index contributed by atoms with van der Waals surface area (Å²) in [5, 5.41) is -0.340. The molecular formula is C10H26O2Si2. The van der Waals surface area contributed by atoms with Crippen LogP contribution in [0.15, 0.2) is 0 Å². The van der Waals surface area contributed by atoms with E-state index in [4.69, 9.17) is 4.43 Å². The predicted octanol–water partition coefficient (Wildman–Crippen LogP) is 3.13. The van der Waals surface area contributed by atoms with Gasteiger partial charge in [-0.15, -0.1) is 0 Å². The molecule has 0 aliphatic rings. The minimum Gasteiger partial charge on any atom is -0.429 e. The zero-order chi connectivity index (χ0) is 11.8. The van der Waals surface area contributed by atoms with Crippen LogP contribution in [0, 0.1) is 0 Å². The van der Waals surface area contributed by atoms with E-state index in [2.05, 4.69) is 26.9 Å². The maximum atomic E-state index is 10.1. The maximum absolute atomic E-state index is 10.1. The molecule has 0 aliphatic carbocycles. The zero-order valence-electron chi connectivity index (χ0n) is 10.9. The molecule has 0 heterocycles. The minimum atomic E-state index is -2.23. The van der Waals surface area contributed by atoms with Gasteiger partial charge in [-0.05, 0) is 45.6 Å². The third-order valence-corrected chi connectivity index (χ3v) is 10.5. The van der Waals surface area contributed by atoms with Crippen LogP contribution in [0.3, 0.4) is 0 Å². The fourth-order valence-corrected chi connectivity index (χ4v) is 4.24. The lowest BCUT2D eigenvalue weighted by atomic mass is 10.5. The van der Waals surface area contributed by atoms with Gasteiger partial charge >= 0.3 is 0 Å². The van der Waals surface area contributed by atoms with Crippen LogP contribution in [0.4, 0.5) is 0 Å². The first kappa shape index (κ1) is 14.4. The molecule has 14 heavy (non-hydrogen) atoms. The number of rotatable bonds is 4. The van der Waals surface area contributed by atoms with E-state index in [0.717, 1.165) is 0 Å². The first-order valence-electron chi connectivity index (χ1n) is 5.33. The molecule has 0 amide bonds. The second-order valence-corrected chi connectivity index (χ2v) is 14.8. The van der Waals surface area contributed by atoms with Gasteiger partial charge in [0.05, 0.1) is 5.22 Å². The van der Waals surface area contributed by atoms with Crippen molar-refractivity contribution in [3.05, 3.63) is 0 Å². The van der Waals surface area contributed by atoms with Gasteiger partial charge in [-0.3, -0.25) is 0 Å². The highest BCUT2D eigenvalue weighted by Gasteiger charge is 2.44. The smallest absolute Gasteiger partial charge is 0.212 e. The first-order valence-corrected chi connectivity index (χ1v) is 11.3. The Hall–Kier alpha value is 0.354. The fraction of sp³-hybridized carbons (Fsp3) is 1.00. The van der Waals surface area contributed by atoms with Crippen molar-refractivity contribution in [3.63, 3.8) is 0 Å². The minimum absolute atomic E-state index is 0.340. The summed E-state index contributed by atoms with van der Waals surface area (Å²) in [5.74, 6) is 0. The van der Waals surface area contributed by atoms with Gasteiger partial charge in [-0.25, -0.2) is 0 Å². The van der Waals surface area contributed by atoms with E-state index >= 15 is 0 Å². The van der Waals surface area contributed by atoms with Crippen molar-refractivity contribution in [2.75, 3.05) is 0 Å². The van der Waals surface area contributed by atoms with Crippen LogP contribution < -0.4 is 0 Å². The lowest BCUT2D eigenvalue weighted by molar-refractivity contribution is 0.151. The summed E-state index contributed by atoms with van der Waals surface area (Å²) in [6.07, 6.45) is 0. The molecule has 0 spiro atoms. The van der Waals surface area contributed by atoms with E-state index in [-0.39, 0.29) is 5.22 Å². The fourth-order valence-electron chi connectivity index (χ4n) is 0.900. The largest absolute Gasteiger partial charge is 0.429 e. The van der Waals surface area contributed by atoms with Crippen molar-refractivity contribution in [2.24, 2.45) is 0 Å². The Kier molecular flexibility index (Phi) is 4.18. The first-order chi connectivity index (χ1) is 5.90. The van der Waals surface area contributed by atoms with Crippen LogP contribution in [0.25, 0.3) is 0 Å². The molecular weight excluding hydrogens is 208 g/mol. The van der Waals surface area contributed by atoms with Gasteiger partial charge in [0.15, 0.2) is 8.32 Å². The van der Waals surface area contributed by atoms with Crippen molar-refractivity contribution >= 4 is 16.6 Å². The van der Waals surface area contributed by atoms with Gasteiger partial charge in [0.1, 0.15) is 0 Å². The van der Waals surface area contributed by atoms with Crippen molar-refractivity contribution in [3.8, 4) is 0 Å². The summed E-state index contributed by atoms with van der Waals surface area (Å²) in [6, 6.07) is 0. The Morgan fingerprint density at radius 3 is 1.64 bits per heavy atom. The average molecular weight is 234 g/mol. The molecule has 0 aromatic heterocycles. The van der Waals surface area contributed by atoms with Crippen molar-refractivity contribution in [1.82, 2.24) is 0 Å². The topological polar surface area (TPSA) is 29.5 Å². The summed E-state index contributed by atoms with van der Waals surface area (Å²) < 4.78 is 6.20. The zero-order valence-corrected chi connectivity index (χ0v) is 12.9. The Bertz CT molecular complexity index is 193. The summed E-state index contributed by atoms with van der Waals surface area (Å²) in [6.45, 7) is 16.8. The Labute approximate surface area is 90.9 Å². The highest BCUT2D eigenvalue weighted by atomic mass is 28.4. The maximum Gasteiger partial charge on any atom is 0.212 e. The van der Waals surface area contributed by atoms with Crippen LogP contribution >= 0.6 is 0 Å². The molecule has 0 atom stereocenters. The Balaban J connectivity index is 4.67. The van der Waals surface area contributed by atoms with Gasteiger partial charge in [0, 0.05) is 0 Å². The van der Waals surface area contributed by atoms with E-state index in [1.807, 2.05) is 26.9 Å². The van der Waals surface area contributed by atoms with Gasteiger partial charge in [-0.2, -0.15) is 0 Å². The number of hydrogen-bond donors (Lipinski definition) is 1. The van der Waals surface area contributed by atoms with Crippen molar-refractivity contribution in [1.29, 1.82) is 0 Å². The van der Waals surface area contributed by atoms with Crippen LogP contribution in [0.5, 0.6) is 0 Å². The quantitative estimate of drug-likeness (QED) is 0.757. The molecule has 2 nitrogen and oxygen atoms in total. The molecule has 0 rings (SSSR count). The van der Waals surface area contributed by atoms with Crippen molar-refractivity contribution < 1.29 is 9.22 Å². The lowest BCUT2D eigenvalue weighted by Crippen LogP contribution is -2.57. The van der Waals surface area contributed by atoms with Gasteiger partial charge in [0.25, 0.3) is 0 Å². The molecule has 0 saturated heterocycles. The molecule has 0 saturated carbocycles. The summed E-state index contributed by atoms with van der Waals surface area (Å²) >= 11 is 0. The molecule has 0 radical (unpaired) electrons. The third-order valence-electron chi connectivity index (χ3n) is 3.38. The molecule has 0 aromatic carbocycles. The third kappa shape index (κ3) is 3.49. The molecule has 0 fully saturated rings. The standard InChI is InChI=1S/C10H26O2Si2/c1-9(2)13(5,6)12-10(3,4)14(7,8)11/h9,11H,1-8H3. The van der Waals surface area contributed by atoms with Gasteiger partial charge in [0.2, 0.25) is 8.32 Å². The van der Waals surface area contributed by atoms with E-state index in [9.17, 15) is 4.80 Å². The van der Waals surface area contributed by atoms with Crippen LogP contribution in [0.2, 0.25) is 31.7 Å². The van der Waals surface area contributed by atoms with Crippen molar-refractivity contribution in [2.45, 2.75) is 64.6 Å². The van der Waals surface area contributed by atoms with E-state index in [1.54, 1.807) is 0 Å².